The van der Waals surface area contributed by atoms with Crippen LogP contribution < -0.4 is 5.32 Å². The quantitative estimate of drug-likeness (QED) is 0.683. The number of thioether (sulfide) groups is 1. The van der Waals surface area contributed by atoms with Crippen LogP contribution in [-0.4, -0.2) is 31.9 Å². The number of benzene rings is 1. The molecule has 2 aromatic heterocycles. The Morgan fingerprint density at radius 1 is 1.32 bits per heavy atom. The minimum absolute atomic E-state index is 0.108. The molecule has 1 amide bonds. The zero-order valence-electron chi connectivity index (χ0n) is 14.3. The highest BCUT2D eigenvalue weighted by Crippen LogP contribution is 2.20. The van der Waals surface area contributed by atoms with E-state index in [2.05, 4.69) is 27.8 Å². The van der Waals surface area contributed by atoms with Crippen molar-refractivity contribution in [2.75, 3.05) is 5.75 Å². The molecular weight excluding hydrogens is 338 g/mol. The average molecular weight is 357 g/mol. The lowest BCUT2D eigenvalue weighted by Gasteiger charge is -2.11. The third-order valence-corrected chi connectivity index (χ3v) is 4.78. The number of hydrogen-bond donors (Lipinski definition) is 1. The third kappa shape index (κ3) is 4.08. The van der Waals surface area contributed by atoms with Crippen LogP contribution in [0.2, 0.25) is 0 Å². The number of furan rings is 1. The van der Waals surface area contributed by atoms with Gasteiger partial charge in [0.05, 0.1) is 23.7 Å². The molecule has 7 nitrogen and oxygen atoms in total. The molecule has 0 unspecified atom stereocenters. The maximum Gasteiger partial charge on any atom is 0.231 e. The maximum absolute atomic E-state index is 12.1. The standard InChI is InChI=1S/C17H19N5O2S/c1-11-6-7-14(9-12(11)2)22-17(19-20-21-22)25-10-16(23)18-13(3)15-5-4-8-24-15/h4-9,13H,10H2,1-3H3,(H,18,23)/t13-/m1/s1. The predicted octanol–water partition coefficient (Wildman–Crippen LogP) is 2.84. The van der Waals surface area contributed by atoms with E-state index in [1.165, 1.54) is 17.3 Å². The van der Waals surface area contributed by atoms with Crippen LogP contribution >= 0.6 is 11.8 Å². The van der Waals surface area contributed by atoms with Gasteiger partial charge >= 0.3 is 0 Å². The second-order valence-corrected chi connectivity index (χ2v) is 6.68. The van der Waals surface area contributed by atoms with E-state index in [1.807, 2.05) is 38.1 Å². The molecule has 25 heavy (non-hydrogen) atoms. The normalized spacial score (nSPS) is 12.1. The lowest BCUT2D eigenvalue weighted by Crippen LogP contribution is -2.28. The van der Waals surface area contributed by atoms with E-state index < -0.39 is 0 Å². The van der Waals surface area contributed by atoms with E-state index in [0.717, 1.165) is 17.0 Å². The lowest BCUT2D eigenvalue weighted by atomic mass is 10.1. The SMILES string of the molecule is Cc1ccc(-n2nnnc2SCC(=O)N[C@H](C)c2ccco2)cc1C. The first-order valence-electron chi connectivity index (χ1n) is 7.86. The molecule has 3 aromatic rings. The first-order valence-corrected chi connectivity index (χ1v) is 8.84. The Hall–Kier alpha value is -2.61. The molecule has 1 N–H and O–H groups in total. The monoisotopic (exact) mass is 357 g/mol. The van der Waals surface area contributed by atoms with Gasteiger partial charge in [-0.2, -0.15) is 4.68 Å². The summed E-state index contributed by atoms with van der Waals surface area (Å²) in [4.78, 5) is 12.1. The van der Waals surface area contributed by atoms with Crippen LogP contribution in [0, 0.1) is 13.8 Å². The molecule has 0 fully saturated rings. The van der Waals surface area contributed by atoms with Gasteiger partial charge in [-0.05, 0) is 66.6 Å². The highest BCUT2D eigenvalue weighted by Gasteiger charge is 2.15. The summed E-state index contributed by atoms with van der Waals surface area (Å²) in [6.45, 7) is 5.97. The number of nitrogens with one attached hydrogen (secondary N) is 1. The fourth-order valence-corrected chi connectivity index (χ4v) is 3.01. The smallest absolute Gasteiger partial charge is 0.231 e. The Kier molecular flexibility index (Phi) is 5.18. The summed E-state index contributed by atoms with van der Waals surface area (Å²) in [5.41, 5.74) is 3.24. The molecule has 0 bridgehead atoms. The Morgan fingerprint density at radius 3 is 2.88 bits per heavy atom. The summed E-state index contributed by atoms with van der Waals surface area (Å²) in [5, 5.41) is 15.2. The summed E-state index contributed by atoms with van der Waals surface area (Å²) in [7, 11) is 0. The second kappa shape index (κ2) is 7.52. The zero-order chi connectivity index (χ0) is 17.8. The number of amides is 1. The summed E-state index contributed by atoms with van der Waals surface area (Å²) < 4.78 is 6.93. The van der Waals surface area contributed by atoms with Crippen molar-refractivity contribution >= 4 is 17.7 Å². The van der Waals surface area contributed by atoms with E-state index in [9.17, 15) is 4.79 Å². The van der Waals surface area contributed by atoms with Gasteiger partial charge in [-0.3, -0.25) is 4.79 Å². The van der Waals surface area contributed by atoms with Gasteiger partial charge in [0, 0.05) is 0 Å². The molecule has 0 saturated carbocycles. The number of tetrazole rings is 1. The highest BCUT2D eigenvalue weighted by atomic mass is 32.2. The summed E-state index contributed by atoms with van der Waals surface area (Å²) in [6, 6.07) is 9.46. The minimum Gasteiger partial charge on any atom is -0.467 e. The van der Waals surface area contributed by atoms with E-state index in [-0.39, 0.29) is 17.7 Å². The number of aromatic nitrogens is 4. The summed E-state index contributed by atoms with van der Waals surface area (Å²) >= 11 is 1.29. The van der Waals surface area contributed by atoms with Gasteiger partial charge in [0.25, 0.3) is 0 Å². The first kappa shape index (κ1) is 17.2. The van der Waals surface area contributed by atoms with Crippen molar-refractivity contribution in [2.24, 2.45) is 0 Å². The topological polar surface area (TPSA) is 85.8 Å². The van der Waals surface area contributed by atoms with Crippen molar-refractivity contribution in [3.8, 4) is 5.69 Å². The van der Waals surface area contributed by atoms with Crippen LogP contribution in [0.4, 0.5) is 0 Å². The number of carbonyl (C=O) groups excluding carboxylic acids is 1. The second-order valence-electron chi connectivity index (χ2n) is 5.74. The molecule has 0 aliphatic carbocycles. The minimum atomic E-state index is -0.182. The van der Waals surface area contributed by atoms with Crippen LogP contribution in [-0.2, 0) is 4.79 Å². The van der Waals surface area contributed by atoms with Gasteiger partial charge < -0.3 is 9.73 Å². The molecule has 0 aliphatic rings. The van der Waals surface area contributed by atoms with Gasteiger partial charge in [0.1, 0.15) is 5.76 Å². The highest BCUT2D eigenvalue weighted by molar-refractivity contribution is 7.99. The molecule has 0 saturated heterocycles. The number of carbonyl (C=O) groups is 1. The van der Waals surface area contributed by atoms with E-state index in [1.54, 1.807) is 17.0 Å². The molecular formula is C17H19N5O2S. The molecule has 8 heteroatoms. The fraction of sp³-hybridized carbons (Fsp3) is 0.294. The maximum atomic E-state index is 12.1. The van der Waals surface area contributed by atoms with Gasteiger partial charge in [0.2, 0.25) is 11.1 Å². The number of aryl methyl sites for hydroxylation is 2. The van der Waals surface area contributed by atoms with Crippen LogP contribution in [0.25, 0.3) is 5.69 Å². The van der Waals surface area contributed by atoms with E-state index in [0.29, 0.717) is 5.16 Å². The Bertz CT molecular complexity index is 860. The Labute approximate surface area is 149 Å². The molecule has 1 atom stereocenters. The van der Waals surface area contributed by atoms with Crippen molar-refractivity contribution in [1.29, 1.82) is 0 Å². The Morgan fingerprint density at radius 2 is 2.16 bits per heavy atom. The van der Waals surface area contributed by atoms with Gasteiger partial charge in [-0.1, -0.05) is 17.8 Å². The lowest BCUT2D eigenvalue weighted by molar-refractivity contribution is -0.119. The van der Waals surface area contributed by atoms with Crippen LogP contribution in [0.5, 0.6) is 0 Å². The van der Waals surface area contributed by atoms with Crippen molar-refractivity contribution in [1.82, 2.24) is 25.5 Å². The van der Waals surface area contributed by atoms with Crippen molar-refractivity contribution in [3.05, 3.63) is 53.5 Å². The molecule has 3 rings (SSSR count). The van der Waals surface area contributed by atoms with Crippen molar-refractivity contribution < 1.29 is 9.21 Å². The molecule has 130 valence electrons. The zero-order valence-corrected chi connectivity index (χ0v) is 15.1. The van der Waals surface area contributed by atoms with E-state index >= 15 is 0 Å². The number of nitrogens with zero attached hydrogens (tertiary/aromatic N) is 4. The van der Waals surface area contributed by atoms with E-state index in [4.69, 9.17) is 4.42 Å². The van der Waals surface area contributed by atoms with Crippen molar-refractivity contribution in [3.63, 3.8) is 0 Å². The number of rotatable bonds is 6. The fourth-order valence-electron chi connectivity index (χ4n) is 2.31. The average Bonchev–Trinajstić information content (AvgIpc) is 3.27. The molecule has 0 radical (unpaired) electrons. The molecule has 2 heterocycles. The molecule has 0 aliphatic heterocycles. The van der Waals surface area contributed by atoms with Gasteiger partial charge in [0.15, 0.2) is 0 Å². The summed E-state index contributed by atoms with van der Waals surface area (Å²) in [5.74, 6) is 0.831. The molecule has 1 aromatic carbocycles. The van der Waals surface area contributed by atoms with Crippen molar-refractivity contribution in [2.45, 2.75) is 32.0 Å². The number of hydrogen-bond acceptors (Lipinski definition) is 6. The van der Waals surface area contributed by atoms with Gasteiger partial charge in [-0.15, -0.1) is 5.10 Å². The third-order valence-electron chi connectivity index (χ3n) is 3.86. The first-order chi connectivity index (χ1) is 12.0. The predicted molar refractivity (Wildman–Crippen MR) is 94.6 cm³/mol. The van der Waals surface area contributed by atoms with Crippen LogP contribution in [0.3, 0.4) is 0 Å². The van der Waals surface area contributed by atoms with Gasteiger partial charge in [-0.25, -0.2) is 0 Å². The van der Waals surface area contributed by atoms with Crippen LogP contribution in [0.15, 0.2) is 46.2 Å². The summed E-state index contributed by atoms with van der Waals surface area (Å²) in [6.07, 6.45) is 1.59. The van der Waals surface area contributed by atoms with Crippen LogP contribution in [0.1, 0.15) is 29.9 Å². The Balaban J connectivity index is 1.63. The largest absolute Gasteiger partial charge is 0.467 e. The molecule has 0 spiro atoms.